The minimum Gasteiger partial charge on any atom is -0.338 e. The molecule has 0 atom stereocenters. The normalized spacial score (nSPS) is 11.3. The van der Waals surface area contributed by atoms with Gasteiger partial charge < -0.3 is 9.97 Å². The van der Waals surface area contributed by atoms with Gasteiger partial charge in [-0.15, -0.1) is 0 Å². The number of aromatic nitrogens is 4. The molecular formula is C32H22N4. The number of nitrogens with zero attached hydrogens (tertiary/aromatic N) is 2. The van der Waals surface area contributed by atoms with Crippen LogP contribution < -0.4 is 0 Å². The van der Waals surface area contributed by atoms with Crippen molar-refractivity contribution in [2.24, 2.45) is 0 Å². The zero-order valence-corrected chi connectivity index (χ0v) is 19.4. The van der Waals surface area contributed by atoms with Gasteiger partial charge in [0.05, 0.1) is 22.1 Å². The molecule has 4 heteroatoms. The van der Waals surface area contributed by atoms with E-state index < -0.39 is 0 Å². The second-order valence-corrected chi connectivity index (χ2v) is 8.94. The van der Waals surface area contributed by atoms with E-state index in [1.54, 1.807) is 0 Å². The van der Waals surface area contributed by atoms with Crippen LogP contribution in [0.5, 0.6) is 0 Å². The van der Waals surface area contributed by atoms with Crippen molar-refractivity contribution >= 4 is 22.1 Å². The fourth-order valence-electron chi connectivity index (χ4n) is 4.69. The average Bonchev–Trinajstić information content (AvgIpc) is 3.56. The summed E-state index contributed by atoms with van der Waals surface area (Å²) in [5.74, 6) is 1.71. The fourth-order valence-corrected chi connectivity index (χ4v) is 4.69. The zero-order chi connectivity index (χ0) is 23.9. The molecule has 0 saturated carbocycles. The maximum Gasteiger partial charge on any atom is 0.138 e. The molecule has 5 aromatic carbocycles. The Kier molecular flexibility index (Phi) is 4.74. The van der Waals surface area contributed by atoms with Crippen LogP contribution in [0.1, 0.15) is 0 Å². The second-order valence-electron chi connectivity index (χ2n) is 8.94. The summed E-state index contributed by atoms with van der Waals surface area (Å²) in [4.78, 5) is 16.7. The highest BCUT2D eigenvalue weighted by atomic mass is 14.9. The van der Waals surface area contributed by atoms with Gasteiger partial charge in [0.1, 0.15) is 11.6 Å². The molecule has 0 saturated heterocycles. The van der Waals surface area contributed by atoms with Crippen molar-refractivity contribution in [2.45, 2.75) is 0 Å². The van der Waals surface area contributed by atoms with Crippen molar-refractivity contribution in [3.8, 4) is 45.0 Å². The van der Waals surface area contributed by atoms with Crippen LogP contribution in [0.3, 0.4) is 0 Å². The van der Waals surface area contributed by atoms with Gasteiger partial charge in [-0.1, -0.05) is 109 Å². The Balaban J connectivity index is 1.19. The Morgan fingerprint density at radius 2 is 0.694 bits per heavy atom. The first-order valence-electron chi connectivity index (χ1n) is 12.0. The number of fused-ring (bicyclic) bond motifs is 2. The van der Waals surface area contributed by atoms with Gasteiger partial charge >= 0.3 is 0 Å². The van der Waals surface area contributed by atoms with Crippen molar-refractivity contribution in [3.63, 3.8) is 0 Å². The zero-order valence-electron chi connectivity index (χ0n) is 19.4. The first-order valence-corrected chi connectivity index (χ1v) is 12.0. The smallest absolute Gasteiger partial charge is 0.138 e. The van der Waals surface area contributed by atoms with E-state index in [1.165, 1.54) is 22.3 Å². The molecule has 0 amide bonds. The van der Waals surface area contributed by atoms with Crippen LogP contribution in [0.15, 0.2) is 121 Å². The van der Waals surface area contributed by atoms with Crippen LogP contribution in [-0.2, 0) is 0 Å². The second kappa shape index (κ2) is 8.36. The molecule has 0 aliphatic rings. The Labute approximate surface area is 208 Å². The number of H-pyrrole nitrogens is 2. The monoisotopic (exact) mass is 462 g/mol. The number of rotatable bonds is 4. The Morgan fingerprint density at radius 1 is 0.361 bits per heavy atom. The molecule has 0 unspecified atom stereocenters. The number of hydrogen-bond acceptors (Lipinski definition) is 2. The van der Waals surface area contributed by atoms with Gasteiger partial charge in [-0.05, 0) is 34.4 Å². The first kappa shape index (κ1) is 20.4. The minimum absolute atomic E-state index is 0.856. The number of imidazole rings is 2. The molecule has 7 rings (SSSR count). The lowest BCUT2D eigenvalue weighted by Crippen LogP contribution is -1.82. The van der Waals surface area contributed by atoms with Crippen LogP contribution in [0, 0.1) is 0 Å². The lowest BCUT2D eigenvalue weighted by molar-refractivity contribution is 1.33. The minimum atomic E-state index is 0.856. The highest BCUT2D eigenvalue weighted by Gasteiger charge is 2.11. The van der Waals surface area contributed by atoms with E-state index >= 15 is 0 Å². The highest BCUT2D eigenvalue weighted by molar-refractivity contribution is 5.94. The molecule has 0 radical (unpaired) electrons. The van der Waals surface area contributed by atoms with E-state index in [4.69, 9.17) is 9.97 Å². The van der Waals surface area contributed by atoms with Gasteiger partial charge in [-0.3, -0.25) is 0 Å². The molecular weight excluding hydrogens is 440 g/mol. The van der Waals surface area contributed by atoms with Crippen LogP contribution in [0.2, 0.25) is 0 Å². The maximum atomic E-state index is 4.86. The molecule has 0 spiro atoms. The highest BCUT2D eigenvalue weighted by Crippen LogP contribution is 2.29. The average molecular weight is 463 g/mol. The van der Waals surface area contributed by atoms with Crippen molar-refractivity contribution in [2.75, 3.05) is 0 Å². The third kappa shape index (κ3) is 3.65. The van der Waals surface area contributed by atoms with Crippen molar-refractivity contribution in [3.05, 3.63) is 121 Å². The molecule has 170 valence electrons. The molecule has 2 heterocycles. The summed E-state index contributed by atoms with van der Waals surface area (Å²) in [6.07, 6.45) is 0. The molecule has 4 nitrogen and oxygen atoms in total. The van der Waals surface area contributed by atoms with Gasteiger partial charge in [0.2, 0.25) is 0 Å². The summed E-state index contributed by atoms with van der Waals surface area (Å²) in [6.45, 7) is 0. The summed E-state index contributed by atoms with van der Waals surface area (Å²) in [6, 6.07) is 41.9. The number of benzene rings is 5. The quantitative estimate of drug-likeness (QED) is 0.278. The molecule has 2 N–H and O–H groups in total. The van der Waals surface area contributed by atoms with Crippen LogP contribution in [-0.4, -0.2) is 19.9 Å². The summed E-state index contributed by atoms with van der Waals surface area (Å²) < 4.78 is 0. The molecule has 2 aromatic heterocycles. The largest absolute Gasteiger partial charge is 0.338 e. The topological polar surface area (TPSA) is 57.4 Å². The van der Waals surface area contributed by atoms with E-state index in [9.17, 15) is 0 Å². The number of aromatic amines is 2. The van der Waals surface area contributed by atoms with Crippen molar-refractivity contribution in [1.29, 1.82) is 0 Å². The first-order chi connectivity index (χ1) is 17.8. The van der Waals surface area contributed by atoms with E-state index in [0.29, 0.717) is 0 Å². The van der Waals surface area contributed by atoms with E-state index in [1.807, 2.05) is 12.1 Å². The standard InChI is InChI=1S/C32H22N4/c1-3-7-21(8-4-1)23-11-15-25(16-12-23)31-33-27-19-29-30(20-28(27)34-31)36-32(35-29)26-17-13-24(14-18-26)22-9-5-2-6-10-22/h1-20H,(H,33,34)(H,35,36). The summed E-state index contributed by atoms with van der Waals surface area (Å²) >= 11 is 0. The SMILES string of the molecule is c1ccc(-c2ccc(-c3nc4cc5[nH]c(-c6ccc(-c7ccccc7)cc6)nc5cc4[nH]3)cc2)cc1. The summed E-state index contributed by atoms with van der Waals surface area (Å²) in [5.41, 5.74) is 10.7. The van der Waals surface area contributed by atoms with Gasteiger partial charge in [-0.25, -0.2) is 9.97 Å². The Morgan fingerprint density at radius 3 is 1.08 bits per heavy atom. The van der Waals surface area contributed by atoms with Crippen LogP contribution in [0.25, 0.3) is 67.1 Å². The Bertz CT molecular complexity index is 1610. The third-order valence-electron chi connectivity index (χ3n) is 6.62. The molecule has 0 aliphatic heterocycles. The molecule has 0 fully saturated rings. The lowest BCUT2D eigenvalue weighted by atomic mass is 10.0. The molecule has 7 aromatic rings. The fraction of sp³-hybridized carbons (Fsp3) is 0. The van der Waals surface area contributed by atoms with Crippen molar-refractivity contribution in [1.82, 2.24) is 19.9 Å². The van der Waals surface area contributed by atoms with E-state index in [-0.39, 0.29) is 0 Å². The molecule has 36 heavy (non-hydrogen) atoms. The Hall–Kier alpha value is -4.96. The maximum absolute atomic E-state index is 4.86. The summed E-state index contributed by atoms with van der Waals surface area (Å²) in [7, 11) is 0. The predicted molar refractivity (Wildman–Crippen MR) is 147 cm³/mol. The molecule has 0 bridgehead atoms. The third-order valence-corrected chi connectivity index (χ3v) is 6.62. The molecule has 0 aliphatic carbocycles. The van der Waals surface area contributed by atoms with Crippen LogP contribution >= 0.6 is 0 Å². The van der Waals surface area contributed by atoms with Gasteiger partial charge in [-0.2, -0.15) is 0 Å². The van der Waals surface area contributed by atoms with Gasteiger partial charge in [0.15, 0.2) is 0 Å². The van der Waals surface area contributed by atoms with E-state index in [2.05, 4.69) is 119 Å². The van der Waals surface area contributed by atoms with Gasteiger partial charge in [0.25, 0.3) is 0 Å². The summed E-state index contributed by atoms with van der Waals surface area (Å²) in [5, 5.41) is 0. The predicted octanol–water partition coefficient (Wildman–Crippen LogP) is 8.11. The van der Waals surface area contributed by atoms with Gasteiger partial charge in [0, 0.05) is 11.1 Å². The van der Waals surface area contributed by atoms with E-state index in [0.717, 1.165) is 44.8 Å². The number of hydrogen-bond donors (Lipinski definition) is 2. The van der Waals surface area contributed by atoms with Crippen molar-refractivity contribution < 1.29 is 0 Å². The lowest BCUT2D eigenvalue weighted by Gasteiger charge is -2.02. The van der Waals surface area contributed by atoms with Crippen LogP contribution in [0.4, 0.5) is 0 Å². The number of nitrogens with one attached hydrogen (secondary N) is 2.